The Balaban J connectivity index is 2.20. The van der Waals surface area contributed by atoms with Crippen LogP contribution in [0, 0.1) is 6.92 Å². The summed E-state index contributed by atoms with van der Waals surface area (Å²) < 4.78 is 0. The minimum atomic E-state index is -0.177. The molecule has 0 aromatic heterocycles. The number of carbonyl (C=O) groups is 1. The van der Waals surface area contributed by atoms with Crippen molar-refractivity contribution in [2.75, 3.05) is 13.1 Å². The van der Waals surface area contributed by atoms with Gasteiger partial charge in [-0.2, -0.15) is 0 Å². The summed E-state index contributed by atoms with van der Waals surface area (Å²) in [6, 6.07) is 7.87. The van der Waals surface area contributed by atoms with E-state index in [1.54, 1.807) is 0 Å². The quantitative estimate of drug-likeness (QED) is 0.686. The number of nitrogens with one attached hydrogen (secondary N) is 2. The predicted molar refractivity (Wildman–Crippen MR) is 54.9 cm³/mol. The summed E-state index contributed by atoms with van der Waals surface area (Å²) in [5.41, 5.74) is 2.25. The second-order valence-electron chi connectivity index (χ2n) is 3.59. The summed E-state index contributed by atoms with van der Waals surface area (Å²) in [6.45, 7) is 3.60. The van der Waals surface area contributed by atoms with E-state index in [1.807, 2.05) is 31.2 Å². The molecule has 1 atom stereocenters. The Morgan fingerprint density at radius 2 is 1.93 bits per heavy atom. The Hall–Kier alpha value is -1.35. The van der Waals surface area contributed by atoms with E-state index >= 15 is 0 Å². The van der Waals surface area contributed by atoms with Crippen molar-refractivity contribution in [2.45, 2.75) is 13.0 Å². The lowest BCUT2D eigenvalue weighted by Gasteiger charge is -2.23. The van der Waals surface area contributed by atoms with Crippen LogP contribution < -0.4 is 10.6 Å². The maximum absolute atomic E-state index is 11.5. The molecular weight excluding hydrogens is 176 g/mol. The maximum Gasteiger partial charge on any atom is 0.241 e. The summed E-state index contributed by atoms with van der Waals surface area (Å²) in [6.07, 6.45) is 0. The predicted octanol–water partition coefficient (Wildman–Crippen LogP) is 0.756. The van der Waals surface area contributed by atoms with Gasteiger partial charge in [0.2, 0.25) is 5.91 Å². The summed E-state index contributed by atoms with van der Waals surface area (Å²) in [5.74, 6) is 0.0695. The standard InChI is InChI=1S/C11H14N2O/c1-8-2-4-9(5-3-8)10-11(14)13-7-6-12-10/h2-5,10,12H,6-7H2,1H3,(H,13,14)/t10-/m1/s1. The zero-order valence-corrected chi connectivity index (χ0v) is 8.21. The van der Waals surface area contributed by atoms with Crippen molar-refractivity contribution < 1.29 is 4.79 Å². The number of carbonyl (C=O) groups excluding carboxylic acids is 1. The van der Waals surface area contributed by atoms with Gasteiger partial charge in [0, 0.05) is 13.1 Å². The number of hydrogen-bond donors (Lipinski definition) is 2. The molecule has 1 aliphatic rings. The third-order valence-corrected chi connectivity index (χ3v) is 2.45. The number of piperazine rings is 1. The molecule has 1 aromatic carbocycles. The second-order valence-corrected chi connectivity index (χ2v) is 3.59. The van der Waals surface area contributed by atoms with Crippen LogP contribution in [0.5, 0.6) is 0 Å². The molecule has 0 saturated carbocycles. The molecule has 2 N–H and O–H groups in total. The highest BCUT2D eigenvalue weighted by atomic mass is 16.2. The van der Waals surface area contributed by atoms with Crippen molar-refractivity contribution in [3.8, 4) is 0 Å². The zero-order valence-electron chi connectivity index (χ0n) is 8.21. The highest BCUT2D eigenvalue weighted by molar-refractivity contribution is 5.83. The Morgan fingerprint density at radius 1 is 1.21 bits per heavy atom. The Morgan fingerprint density at radius 3 is 2.57 bits per heavy atom. The van der Waals surface area contributed by atoms with E-state index in [2.05, 4.69) is 10.6 Å². The van der Waals surface area contributed by atoms with Crippen molar-refractivity contribution in [1.29, 1.82) is 0 Å². The van der Waals surface area contributed by atoms with E-state index in [1.165, 1.54) is 5.56 Å². The van der Waals surface area contributed by atoms with E-state index in [9.17, 15) is 4.79 Å². The molecule has 1 amide bonds. The first-order valence-corrected chi connectivity index (χ1v) is 4.85. The molecule has 1 fully saturated rings. The Labute approximate surface area is 83.5 Å². The second kappa shape index (κ2) is 3.80. The van der Waals surface area contributed by atoms with E-state index in [0.29, 0.717) is 0 Å². The topological polar surface area (TPSA) is 41.1 Å². The molecule has 14 heavy (non-hydrogen) atoms. The summed E-state index contributed by atoms with van der Waals surface area (Å²) in [4.78, 5) is 11.5. The molecule has 74 valence electrons. The Kier molecular flexibility index (Phi) is 2.50. The summed E-state index contributed by atoms with van der Waals surface area (Å²) in [5, 5.41) is 6.04. The van der Waals surface area contributed by atoms with Gasteiger partial charge in [0.1, 0.15) is 6.04 Å². The van der Waals surface area contributed by atoms with Crippen LogP contribution >= 0.6 is 0 Å². The van der Waals surface area contributed by atoms with Gasteiger partial charge in [0.25, 0.3) is 0 Å². The van der Waals surface area contributed by atoms with E-state index < -0.39 is 0 Å². The molecule has 0 aliphatic carbocycles. The molecule has 3 nitrogen and oxygen atoms in total. The van der Waals surface area contributed by atoms with Crippen molar-refractivity contribution in [1.82, 2.24) is 10.6 Å². The molecule has 1 heterocycles. The van der Waals surface area contributed by atoms with Gasteiger partial charge in [0.05, 0.1) is 0 Å². The number of hydrogen-bond acceptors (Lipinski definition) is 2. The SMILES string of the molecule is Cc1ccc([C@H]2NCCNC2=O)cc1. The van der Waals surface area contributed by atoms with Crippen LogP contribution in [0.3, 0.4) is 0 Å². The molecule has 1 aromatic rings. The van der Waals surface area contributed by atoms with Gasteiger partial charge in [-0.25, -0.2) is 0 Å². The molecule has 0 bridgehead atoms. The van der Waals surface area contributed by atoms with Crippen LogP contribution in [0.15, 0.2) is 24.3 Å². The van der Waals surface area contributed by atoms with Crippen molar-refractivity contribution in [2.24, 2.45) is 0 Å². The van der Waals surface area contributed by atoms with Gasteiger partial charge < -0.3 is 10.6 Å². The van der Waals surface area contributed by atoms with Crippen LogP contribution in [0.1, 0.15) is 17.2 Å². The first-order chi connectivity index (χ1) is 6.77. The number of rotatable bonds is 1. The van der Waals surface area contributed by atoms with Crippen molar-refractivity contribution in [3.05, 3.63) is 35.4 Å². The van der Waals surface area contributed by atoms with Crippen LogP contribution in [0.25, 0.3) is 0 Å². The lowest BCUT2D eigenvalue weighted by molar-refractivity contribution is -0.124. The van der Waals surface area contributed by atoms with Crippen LogP contribution in [-0.4, -0.2) is 19.0 Å². The molecule has 0 unspecified atom stereocenters. The lowest BCUT2D eigenvalue weighted by atomic mass is 10.0. The van der Waals surface area contributed by atoms with Gasteiger partial charge in [-0.3, -0.25) is 4.79 Å². The molecule has 3 heteroatoms. The fraction of sp³-hybridized carbons (Fsp3) is 0.364. The largest absolute Gasteiger partial charge is 0.353 e. The first kappa shape index (κ1) is 9.21. The molecule has 0 spiro atoms. The number of aryl methyl sites for hydroxylation is 1. The number of amides is 1. The third-order valence-electron chi connectivity index (χ3n) is 2.45. The third kappa shape index (κ3) is 1.77. The van der Waals surface area contributed by atoms with E-state index in [-0.39, 0.29) is 11.9 Å². The normalized spacial score (nSPS) is 21.8. The molecule has 2 rings (SSSR count). The zero-order chi connectivity index (χ0) is 9.97. The molecule has 0 radical (unpaired) electrons. The van der Waals surface area contributed by atoms with Gasteiger partial charge in [-0.1, -0.05) is 29.8 Å². The first-order valence-electron chi connectivity index (χ1n) is 4.85. The van der Waals surface area contributed by atoms with E-state index in [0.717, 1.165) is 18.7 Å². The average molecular weight is 190 g/mol. The fourth-order valence-electron chi connectivity index (χ4n) is 1.63. The van der Waals surface area contributed by atoms with Crippen LogP contribution in [0.4, 0.5) is 0 Å². The lowest BCUT2D eigenvalue weighted by Crippen LogP contribution is -2.47. The highest BCUT2D eigenvalue weighted by Gasteiger charge is 2.22. The van der Waals surface area contributed by atoms with Crippen molar-refractivity contribution in [3.63, 3.8) is 0 Å². The fourth-order valence-corrected chi connectivity index (χ4v) is 1.63. The average Bonchev–Trinajstić information content (AvgIpc) is 2.20. The smallest absolute Gasteiger partial charge is 0.241 e. The Bertz CT molecular complexity index is 332. The van der Waals surface area contributed by atoms with Crippen LogP contribution in [-0.2, 0) is 4.79 Å². The van der Waals surface area contributed by atoms with Gasteiger partial charge in [-0.05, 0) is 12.5 Å². The molecular formula is C11H14N2O. The van der Waals surface area contributed by atoms with Gasteiger partial charge in [0.15, 0.2) is 0 Å². The van der Waals surface area contributed by atoms with E-state index in [4.69, 9.17) is 0 Å². The molecule has 1 saturated heterocycles. The number of benzene rings is 1. The highest BCUT2D eigenvalue weighted by Crippen LogP contribution is 2.15. The van der Waals surface area contributed by atoms with Gasteiger partial charge in [-0.15, -0.1) is 0 Å². The summed E-state index contributed by atoms with van der Waals surface area (Å²) in [7, 11) is 0. The maximum atomic E-state index is 11.5. The van der Waals surface area contributed by atoms with Crippen molar-refractivity contribution >= 4 is 5.91 Å². The molecule has 1 aliphatic heterocycles. The monoisotopic (exact) mass is 190 g/mol. The summed E-state index contributed by atoms with van der Waals surface area (Å²) >= 11 is 0. The van der Waals surface area contributed by atoms with Gasteiger partial charge >= 0.3 is 0 Å². The minimum Gasteiger partial charge on any atom is -0.353 e. The van der Waals surface area contributed by atoms with Crippen LogP contribution in [0.2, 0.25) is 0 Å². The minimum absolute atomic E-state index is 0.0695.